The van der Waals surface area contributed by atoms with Crippen LogP contribution < -0.4 is 10.6 Å². The fraction of sp³-hybridized carbons (Fsp3) is 0.333. The zero-order valence-electron chi connectivity index (χ0n) is 10.9. The standard InChI is InChI=1S/C12H16N6O/c1-3-14-11-8-13-7-10(16-11)12(19)15-6-9-4-5-18(2)17-9/h4-5,7-8H,3,6H2,1-2H3,(H,14,16)(H,15,19). The predicted octanol–water partition coefficient (Wildman–Crippen LogP) is 0.572. The van der Waals surface area contributed by atoms with Gasteiger partial charge in [-0.25, -0.2) is 4.98 Å². The van der Waals surface area contributed by atoms with Crippen LogP contribution in [0.1, 0.15) is 23.1 Å². The number of amides is 1. The molecule has 0 aliphatic heterocycles. The molecular weight excluding hydrogens is 244 g/mol. The Kier molecular flexibility index (Phi) is 4.07. The van der Waals surface area contributed by atoms with Crippen molar-refractivity contribution in [2.45, 2.75) is 13.5 Å². The maximum Gasteiger partial charge on any atom is 0.271 e. The maximum absolute atomic E-state index is 11.9. The molecule has 0 aromatic carbocycles. The Morgan fingerprint density at radius 1 is 1.42 bits per heavy atom. The molecule has 0 radical (unpaired) electrons. The molecule has 19 heavy (non-hydrogen) atoms. The molecule has 0 aliphatic rings. The number of nitrogens with one attached hydrogen (secondary N) is 2. The number of carbonyl (C=O) groups excluding carboxylic acids is 1. The first-order valence-electron chi connectivity index (χ1n) is 6.01. The Labute approximate surface area is 111 Å². The van der Waals surface area contributed by atoms with Crippen LogP contribution in [-0.4, -0.2) is 32.2 Å². The van der Waals surface area contributed by atoms with Crippen molar-refractivity contribution < 1.29 is 4.79 Å². The van der Waals surface area contributed by atoms with Crippen molar-refractivity contribution >= 4 is 11.7 Å². The Bertz CT molecular complexity index is 565. The average Bonchev–Trinajstić information content (AvgIpc) is 2.82. The summed E-state index contributed by atoms with van der Waals surface area (Å²) in [5.41, 5.74) is 1.08. The normalized spacial score (nSPS) is 10.2. The zero-order chi connectivity index (χ0) is 13.7. The van der Waals surface area contributed by atoms with E-state index in [4.69, 9.17) is 0 Å². The van der Waals surface area contributed by atoms with Crippen molar-refractivity contribution in [3.05, 3.63) is 36.0 Å². The monoisotopic (exact) mass is 260 g/mol. The van der Waals surface area contributed by atoms with Crippen LogP contribution >= 0.6 is 0 Å². The summed E-state index contributed by atoms with van der Waals surface area (Å²) in [5, 5.41) is 9.94. The summed E-state index contributed by atoms with van der Waals surface area (Å²) >= 11 is 0. The van der Waals surface area contributed by atoms with E-state index < -0.39 is 0 Å². The number of nitrogens with zero attached hydrogens (tertiary/aromatic N) is 4. The number of rotatable bonds is 5. The summed E-state index contributed by atoms with van der Waals surface area (Å²) < 4.78 is 1.69. The summed E-state index contributed by atoms with van der Waals surface area (Å²) in [4.78, 5) is 20.1. The van der Waals surface area contributed by atoms with Gasteiger partial charge in [0.05, 0.1) is 24.6 Å². The summed E-state index contributed by atoms with van der Waals surface area (Å²) in [7, 11) is 1.83. The molecule has 2 aromatic heterocycles. The highest BCUT2D eigenvalue weighted by Crippen LogP contribution is 2.02. The minimum absolute atomic E-state index is 0.266. The largest absolute Gasteiger partial charge is 0.369 e. The van der Waals surface area contributed by atoms with Crippen molar-refractivity contribution in [2.24, 2.45) is 7.05 Å². The van der Waals surface area contributed by atoms with Gasteiger partial charge in [-0.2, -0.15) is 5.10 Å². The molecule has 0 atom stereocenters. The van der Waals surface area contributed by atoms with Gasteiger partial charge >= 0.3 is 0 Å². The van der Waals surface area contributed by atoms with Crippen LogP contribution in [0.15, 0.2) is 24.7 Å². The van der Waals surface area contributed by atoms with Gasteiger partial charge in [0.25, 0.3) is 5.91 Å². The highest BCUT2D eigenvalue weighted by atomic mass is 16.1. The number of carbonyl (C=O) groups is 1. The molecule has 0 aliphatic carbocycles. The third kappa shape index (κ3) is 3.51. The van der Waals surface area contributed by atoms with Gasteiger partial charge in [-0.05, 0) is 13.0 Å². The molecule has 100 valence electrons. The number of hydrogen-bond acceptors (Lipinski definition) is 5. The molecule has 0 unspecified atom stereocenters. The van der Waals surface area contributed by atoms with Gasteiger partial charge in [0.2, 0.25) is 0 Å². The van der Waals surface area contributed by atoms with Gasteiger partial charge in [-0.15, -0.1) is 0 Å². The van der Waals surface area contributed by atoms with E-state index in [0.717, 1.165) is 12.2 Å². The van der Waals surface area contributed by atoms with Gasteiger partial charge in [-0.1, -0.05) is 0 Å². The number of hydrogen-bond donors (Lipinski definition) is 2. The third-order valence-corrected chi connectivity index (χ3v) is 2.42. The van der Waals surface area contributed by atoms with Gasteiger partial charge in [0, 0.05) is 19.8 Å². The van der Waals surface area contributed by atoms with Crippen molar-refractivity contribution in [1.29, 1.82) is 0 Å². The van der Waals surface area contributed by atoms with Crippen molar-refractivity contribution in [3.63, 3.8) is 0 Å². The summed E-state index contributed by atoms with van der Waals surface area (Å²) in [6.45, 7) is 3.05. The number of anilines is 1. The molecule has 7 nitrogen and oxygen atoms in total. The van der Waals surface area contributed by atoms with Crippen molar-refractivity contribution in [3.8, 4) is 0 Å². The third-order valence-electron chi connectivity index (χ3n) is 2.42. The van der Waals surface area contributed by atoms with Gasteiger partial charge in [-0.3, -0.25) is 14.5 Å². The van der Waals surface area contributed by atoms with E-state index in [1.54, 1.807) is 10.9 Å². The SMILES string of the molecule is CCNc1cncc(C(=O)NCc2ccn(C)n2)n1. The summed E-state index contributed by atoms with van der Waals surface area (Å²) in [6, 6.07) is 1.85. The minimum Gasteiger partial charge on any atom is -0.369 e. The minimum atomic E-state index is -0.266. The van der Waals surface area contributed by atoms with Gasteiger partial charge < -0.3 is 10.6 Å². The Morgan fingerprint density at radius 2 is 2.26 bits per heavy atom. The van der Waals surface area contributed by atoms with Crippen LogP contribution in [0.3, 0.4) is 0 Å². The van der Waals surface area contributed by atoms with Crippen LogP contribution in [0.5, 0.6) is 0 Å². The van der Waals surface area contributed by atoms with Crippen LogP contribution in [0.4, 0.5) is 5.82 Å². The van der Waals surface area contributed by atoms with Gasteiger partial charge in [0.1, 0.15) is 11.5 Å². The molecule has 0 fully saturated rings. The molecule has 2 aromatic rings. The quantitative estimate of drug-likeness (QED) is 0.821. The maximum atomic E-state index is 11.9. The van der Waals surface area contributed by atoms with Crippen molar-refractivity contribution in [1.82, 2.24) is 25.1 Å². The van der Waals surface area contributed by atoms with Crippen LogP contribution in [-0.2, 0) is 13.6 Å². The second kappa shape index (κ2) is 5.94. The van der Waals surface area contributed by atoms with E-state index in [2.05, 4.69) is 25.7 Å². The lowest BCUT2D eigenvalue weighted by Crippen LogP contribution is -2.24. The van der Waals surface area contributed by atoms with Crippen LogP contribution in [0.2, 0.25) is 0 Å². The topological polar surface area (TPSA) is 84.7 Å². The average molecular weight is 260 g/mol. The molecule has 2 heterocycles. The first-order valence-corrected chi connectivity index (χ1v) is 6.01. The van der Waals surface area contributed by atoms with E-state index in [0.29, 0.717) is 12.4 Å². The number of aryl methyl sites for hydroxylation is 1. The molecule has 0 spiro atoms. The fourth-order valence-corrected chi connectivity index (χ4v) is 1.56. The smallest absolute Gasteiger partial charge is 0.271 e. The lowest BCUT2D eigenvalue weighted by atomic mass is 10.4. The number of aromatic nitrogens is 4. The molecule has 0 saturated carbocycles. The summed E-state index contributed by atoms with van der Waals surface area (Å²) in [5.74, 6) is 0.325. The summed E-state index contributed by atoms with van der Waals surface area (Å²) in [6.07, 6.45) is 4.85. The first kappa shape index (κ1) is 13.0. The molecule has 0 saturated heterocycles. The van der Waals surface area contributed by atoms with E-state index in [1.807, 2.05) is 26.2 Å². The van der Waals surface area contributed by atoms with Crippen LogP contribution in [0.25, 0.3) is 0 Å². The fourth-order valence-electron chi connectivity index (χ4n) is 1.56. The Morgan fingerprint density at radius 3 is 2.95 bits per heavy atom. The Balaban J connectivity index is 1.97. The second-order valence-corrected chi connectivity index (χ2v) is 3.98. The predicted molar refractivity (Wildman–Crippen MR) is 70.6 cm³/mol. The van der Waals surface area contributed by atoms with Gasteiger partial charge in [0.15, 0.2) is 0 Å². The zero-order valence-corrected chi connectivity index (χ0v) is 10.9. The molecule has 7 heteroatoms. The molecular formula is C12H16N6O. The van der Waals surface area contributed by atoms with Crippen molar-refractivity contribution in [2.75, 3.05) is 11.9 Å². The van der Waals surface area contributed by atoms with E-state index in [1.165, 1.54) is 6.20 Å². The lowest BCUT2D eigenvalue weighted by molar-refractivity contribution is 0.0945. The molecule has 2 rings (SSSR count). The highest BCUT2D eigenvalue weighted by Gasteiger charge is 2.09. The highest BCUT2D eigenvalue weighted by molar-refractivity contribution is 5.92. The first-order chi connectivity index (χ1) is 9.19. The van der Waals surface area contributed by atoms with E-state index in [-0.39, 0.29) is 11.6 Å². The second-order valence-electron chi connectivity index (χ2n) is 3.98. The van der Waals surface area contributed by atoms with Crippen LogP contribution in [0, 0.1) is 0 Å². The Hall–Kier alpha value is -2.44. The molecule has 2 N–H and O–H groups in total. The molecule has 0 bridgehead atoms. The molecule has 1 amide bonds. The van der Waals surface area contributed by atoms with E-state index in [9.17, 15) is 4.79 Å². The van der Waals surface area contributed by atoms with E-state index >= 15 is 0 Å². The lowest BCUT2D eigenvalue weighted by Gasteiger charge is -2.05.